The van der Waals surface area contributed by atoms with Crippen LogP contribution in [0.25, 0.3) is 0 Å². The number of benzene rings is 2. The normalized spacial score (nSPS) is 14.8. The first kappa shape index (κ1) is 19.1. The number of nitrogens with zero attached hydrogens (tertiary/aromatic N) is 1. The molecule has 0 saturated carbocycles. The van der Waals surface area contributed by atoms with E-state index in [-0.39, 0.29) is 29.9 Å². The molecule has 0 amide bonds. The molecule has 0 spiro atoms. The summed E-state index contributed by atoms with van der Waals surface area (Å²) < 4.78 is 19.1. The summed E-state index contributed by atoms with van der Waals surface area (Å²) in [5, 5.41) is 0. The number of carbonyl (C=O) groups is 1. The van der Waals surface area contributed by atoms with Crippen LogP contribution in [-0.4, -0.2) is 37.1 Å². The van der Waals surface area contributed by atoms with Crippen molar-refractivity contribution in [2.24, 2.45) is 0 Å². The van der Waals surface area contributed by atoms with Crippen molar-refractivity contribution in [1.29, 1.82) is 0 Å². The molecule has 0 heterocycles. The van der Waals surface area contributed by atoms with Crippen LogP contribution in [0.5, 0.6) is 0 Å². The molecule has 0 aliphatic rings. The zero-order valence-corrected chi connectivity index (χ0v) is 15.5. The van der Waals surface area contributed by atoms with Gasteiger partial charge >= 0.3 is 5.97 Å². The molecule has 2 aromatic rings. The molecule has 0 bridgehead atoms. The van der Waals surface area contributed by atoms with Crippen molar-refractivity contribution in [3.05, 3.63) is 71.0 Å². The van der Waals surface area contributed by atoms with Crippen LogP contribution in [0.3, 0.4) is 0 Å². The van der Waals surface area contributed by atoms with E-state index >= 15 is 0 Å². The maximum absolute atomic E-state index is 13.3. The molecule has 0 aliphatic heterocycles. The summed E-state index contributed by atoms with van der Waals surface area (Å²) in [6.45, 7) is 5.72. The van der Waals surface area contributed by atoms with E-state index in [1.165, 1.54) is 12.1 Å². The Labute approximate surface area is 149 Å². The Hall–Kier alpha value is -2.20. The van der Waals surface area contributed by atoms with Crippen molar-refractivity contribution >= 4 is 5.97 Å². The Morgan fingerprint density at radius 1 is 0.960 bits per heavy atom. The summed E-state index contributed by atoms with van der Waals surface area (Å²) in [6.07, 6.45) is -0.372. The van der Waals surface area contributed by atoms with Gasteiger partial charge < -0.3 is 4.74 Å². The third-order valence-electron chi connectivity index (χ3n) is 4.55. The third kappa shape index (κ3) is 4.89. The van der Waals surface area contributed by atoms with Gasteiger partial charge in [-0.2, -0.15) is 0 Å². The molecule has 3 atom stereocenters. The first-order valence-electron chi connectivity index (χ1n) is 8.48. The highest BCUT2D eigenvalue weighted by Gasteiger charge is 2.27. The lowest BCUT2D eigenvalue weighted by Gasteiger charge is -2.27. The van der Waals surface area contributed by atoms with Crippen molar-refractivity contribution in [2.75, 3.05) is 14.1 Å². The number of likely N-dealkylation sites (N-methyl/N-ethyl adjacent to an activating group) is 1. The van der Waals surface area contributed by atoms with E-state index in [9.17, 15) is 9.18 Å². The van der Waals surface area contributed by atoms with E-state index in [0.717, 1.165) is 16.7 Å². The fraction of sp³-hybridized carbons (Fsp3) is 0.381. The van der Waals surface area contributed by atoms with Crippen LogP contribution in [0.4, 0.5) is 4.39 Å². The maximum atomic E-state index is 13.3. The van der Waals surface area contributed by atoms with Gasteiger partial charge in [0.25, 0.3) is 0 Å². The standard InChI is InChI=1S/C21H26FNO2/c1-14-6-8-17(9-7-14)20(18-10-12-19(22)13-11-18)16(3)25-21(24)15(2)23(4)5/h6-13,15-16,20H,1-5H3/t15-,16+,20?/m1/s1. The van der Waals surface area contributed by atoms with E-state index in [4.69, 9.17) is 4.74 Å². The molecule has 0 N–H and O–H groups in total. The van der Waals surface area contributed by atoms with Crippen molar-refractivity contribution < 1.29 is 13.9 Å². The van der Waals surface area contributed by atoms with Crippen LogP contribution in [0.15, 0.2) is 48.5 Å². The van der Waals surface area contributed by atoms with Gasteiger partial charge in [-0.15, -0.1) is 0 Å². The van der Waals surface area contributed by atoms with E-state index < -0.39 is 0 Å². The summed E-state index contributed by atoms with van der Waals surface area (Å²) in [6, 6.07) is 14.2. The molecule has 2 rings (SSSR count). The van der Waals surface area contributed by atoms with Crippen molar-refractivity contribution in [2.45, 2.75) is 38.8 Å². The molecule has 134 valence electrons. The number of halogens is 1. The van der Waals surface area contributed by atoms with Crippen molar-refractivity contribution in [3.8, 4) is 0 Å². The second kappa shape index (κ2) is 8.26. The summed E-state index contributed by atoms with van der Waals surface area (Å²) in [5.41, 5.74) is 3.12. The molecule has 4 heteroatoms. The zero-order chi connectivity index (χ0) is 18.6. The molecule has 0 radical (unpaired) electrons. The smallest absolute Gasteiger partial charge is 0.323 e. The van der Waals surface area contributed by atoms with Crippen LogP contribution in [-0.2, 0) is 9.53 Å². The van der Waals surface area contributed by atoms with Gasteiger partial charge in [0.15, 0.2) is 0 Å². The highest BCUT2D eigenvalue weighted by Crippen LogP contribution is 2.30. The second-order valence-electron chi connectivity index (χ2n) is 6.72. The van der Waals surface area contributed by atoms with Gasteiger partial charge in [-0.25, -0.2) is 4.39 Å². The Morgan fingerprint density at radius 3 is 1.92 bits per heavy atom. The molecule has 1 unspecified atom stereocenters. The number of esters is 1. The fourth-order valence-electron chi connectivity index (χ4n) is 2.74. The summed E-state index contributed by atoms with van der Waals surface area (Å²) in [4.78, 5) is 14.2. The van der Waals surface area contributed by atoms with Gasteiger partial charge in [0.05, 0.1) is 0 Å². The highest BCUT2D eigenvalue weighted by molar-refractivity contribution is 5.75. The summed E-state index contributed by atoms with van der Waals surface area (Å²) >= 11 is 0. The molecule has 0 aromatic heterocycles. The SMILES string of the molecule is Cc1ccc(C(c2ccc(F)cc2)[C@H](C)OC(=O)[C@@H](C)N(C)C)cc1. The molecule has 3 nitrogen and oxygen atoms in total. The fourth-order valence-corrected chi connectivity index (χ4v) is 2.74. The van der Waals surface area contributed by atoms with Crippen LogP contribution in [0.2, 0.25) is 0 Å². The quantitative estimate of drug-likeness (QED) is 0.738. The molecular weight excluding hydrogens is 317 g/mol. The van der Waals surface area contributed by atoms with Crippen molar-refractivity contribution in [3.63, 3.8) is 0 Å². The number of rotatable bonds is 6. The van der Waals surface area contributed by atoms with Crippen LogP contribution in [0, 0.1) is 12.7 Å². The monoisotopic (exact) mass is 343 g/mol. The average Bonchev–Trinajstić information content (AvgIpc) is 2.57. The lowest BCUT2D eigenvalue weighted by atomic mass is 9.87. The third-order valence-corrected chi connectivity index (χ3v) is 4.55. The van der Waals surface area contributed by atoms with E-state index in [2.05, 4.69) is 0 Å². The zero-order valence-electron chi connectivity index (χ0n) is 15.5. The van der Waals surface area contributed by atoms with Gasteiger partial charge in [0, 0.05) is 5.92 Å². The van der Waals surface area contributed by atoms with Crippen molar-refractivity contribution in [1.82, 2.24) is 4.90 Å². The number of hydrogen-bond acceptors (Lipinski definition) is 3. The molecule has 25 heavy (non-hydrogen) atoms. The number of ether oxygens (including phenoxy) is 1. The molecule has 2 aromatic carbocycles. The molecule has 0 saturated heterocycles. The number of carbonyl (C=O) groups excluding carboxylic acids is 1. The minimum atomic E-state index is -0.372. The van der Waals surface area contributed by atoms with Gasteiger partial charge in [-0.05, 0) is 58.1 Å². The Balaban J connectivity index is 2.32. The van der Waals surface area contributed by atoms with Crippen LogP contribution >= 0.6 is 0 Å². The van der Waals surface area contributed by atoms with Crippen LogP contribution < -0.4 is 0 Å². The van der Waals surface area contributed by atoms with E-state index in [1.807, 2.05) is 64.0 Å². The highest BCUT2D eigenvalue weighted by atomic mass is 19.1. The Kier molecular flexibility index (Phi) is 6.32. The average molecular weight is 343 g/mol. The molecular formula is C21H26FNO2. The molecule has 0 fully saturated rings. The minimum absolute atomic E-state index is 0.153. The summed E-state index contributed by atoms with van der Waals surface area (Å²) in [7, 11) is 3.68. The summed E-state index contributed by atoms with van der Waals surface area (Å²) in [5.74, 6) is -0.700. The predicted octanol–water partition coefficient (Wildman–Crippen LogP) is 4.15. The van der Waals surface area contributed by atoms with Gasteiger partial charge in [0.1, 0.15) is 18.0 Å². The first-order chi connectivity index (χ1) is 11.8. The van der Waals surface area contributed by atoms with E-state index in [0.29, 0.717) is 0 Å². The predicted molar refractivity (Wildman–Crippen MR) is 98.1 cm³/mol. The lowest BCUT2D eigenvalue weighted by molar-refractivity contribution is -0.153. The minimum Gasteiger partial charge on any atom is -0.461 e. The second-order valence-corrected chi connectivity index (χ2v) is 6.72. The largest absolute Gasteiger partial charge is 0.461 e. The van der Waals surface area contributed by atoms with E-state index in [1.54, 1.807) is 12.1 Å². The lowest BCUT2D eigenvalue weighted by Crippen LogP contribution is -2.37. The topological polar surface area (TPSA) is 29.5 Å². The number of aryl methyl sites for hydroxylation is 1. The number of hydrogen-bond donors (Lipinski definition) is 0. The van der Waals surface area contributed by atoms with Gasteiger partial charge in [-0.3, -0.25) is 9.69 Å². The Morgan fingerprint density at radius 2 is 1.44 bits per heavy atom. The Bertz CT molecular complexity index is 649. The van der Waals surface area contributed by atoms with Gasteiger partial charge in [-0.1, -0.05) is 42.0 Å². The first-order valence-corrected chi connectivity index (χ1v) is 8.48. The van der Waals surface area contributed by atoms with Crippen LogP contribution in [0.1, 0.15) is 36.5 Å². The van der Waals surface area contributed by atoms with Gasteiger partial charge in [0.2, 0.25) is 0 Å². The maximum Gasteiger partial charge on any atom is 0.323 e. The molecule has 0 aliphatic carbocycles.